The summed E-state index contributed by atoms with van der Waals surface area (Å²) in [5.41, 5.74) is 1.51. The number of carbonyl (C=O) groups excluding carboxylic acids is 1. The van der Waals surface area contributed by atoms with Crippen LogP contribution in [0.3, 0.4) is 0 Å². The van der Waals surface area contributed by atoms with E-state index in [9.17, 15) is 9.90 Å². The molecule has 0 aromatic heterocycles. The molecular weight excluding hydrogens is 274 g/mol. The zero-order valence-electron chi connectivity index (χ0n) is 11.1. The van der Waals surface area contributed by atoms with E-state index in [1.54, 1.807) is 12.1 Å². The smallest absolute Gasteiger partial charge is 0.231 e. The van der Waals surface area contributed by atoms with Gasteiger partial charge in [-0.1, -0.05) is 48.9 Å². The highest BCUT2D eigenvalue weighted by Crippen LogP contribution is 2.27. The van der Waals surface area contributed by atoms with Crippen LogP contribution in [-0.4, -0.2) is 11.0 Å². The highest BCUT2D eigenvalue weighted by Gasteiger charge is 2.18. The van der Waals surface area contributed by atoms with Crippen LogP contribution >= 0.6 is 11.6 Å². The molecule has 2 N–H and O–H groups in total. The van der Waals surface area contributed by atoms with E-state index in [0.717, 1.165) is 5.56 Å². The number of aromatic hydroxyl groups is 1. The van der Waals surface area contributed by atoms with Crippen LogP contribution in [0.4, 0.5) is 5.69 Å². The van der Waals surface area contributed by atoms with Gasteiger partial charge in [0.1, 0.15) is 5.75 Å². The van der Waals surface area contributed by atoms with E-state index in [-0.39, 0.29) is 22.6 Å². The quantitative estimate of drug-likeness (QED) is 0.887. The number of carbonyl (C=O) groups is 1. The van der Waals surface area contributed by atoms with Gasteiger partial charge in [0.25, 0.3) is 0 Å². The number of halogens is 1. The lowest BCUT2D eigenvalue weighted by Crippen LogP contribution is -2.20. The Morgan fingerprint density at radius 1 is 1.25 bits per heavy atom. The van der Waals surface area contributed by atoms with Crippen LogP contribution in [0.2, 0.25) is 5.02 Å². The maximum atomic E-state index is 12.3. The fraction of sp³-hybridized carbons (Fsp3) is 0.188. The van der Waals surface area contributed by atoms with Crippen LogP contribution in [0.15, 0.2) is 48.5 Å². The summed E-state index contributed by atoms with van der Waals surface area (Å²) in [6.45, 7) is 1.97. The van der Waals surface area contributed by atoms with Crippen molar-refractivity contribution in [2.75, 3.05) is 5.32 Å². The highest BCUT2D eigenvalue weighted by molar-refractivity contribution is 6.32. The van der Waals surface area contributed by atoms with E-state index in [4.69, 9.17) is 11.6 Å². The molecule has 0 saturated heterocycles. The number of phenolic OH excluding ortho intramolecular Hbond substituents is 1. The first-order valence-electron chi connectivity index (χ1n) is 6.46. The first kappa shape index (κ1) is 14.4. The van der Waals surface area contributed by atoms with Gasteiger partial charge >= 0.3 is 0 Å². The standard InChI is InChI=1S/C16H16ClNO2/c1-2-13(11-6-4-3-5-7-11)16(20)18-12-8-9-14(17)15(19)10-12/h3-10,13,19H,2H2,1H3,(H,18,20). The van der Waals surface area contributed by atoms with E-state index in [1.165, 1.54) is 6.07 Å². The third-order valence-corrected chi connectivity index (χ3v) is 3.46. The van der Waals surface area contributed by atoms with Crippen molar-refractivity contribution in [1.82, 2.24) is 0 Å². The van der Waals surface area contributed by atoms with Crippen molar-refractivity contribution in [3.05, 3.63) is 59.1 Å². The first-order valence-corrected chi connectivity index (χ1v) is 6.84. The minimum atomic E-state index is -0.214. The SMILES string of the molecule is CCC(C(=O)Nc1ccc(Cl)c(O)c1)c1ccccc1. The molecule has 0 heterocycles. The monoisotopic (exact) mass is 289 g/mol. The Bertz CT molecular complexity index is 599. The second kappa shape index (κ2) is 6.44. The van der Waals surface area contributed by atoms with Crippen LogP contribution < -0.4 is 5.32 Å². The molecule has 0 radical (unpaired) electrons. The van der Waals surface area contributed by atoms with Gasteiger partial charge in [-0.2, -0.15) is 0 Å². The Labute approximate surface area is 123 Å². The molecule has 3 nitrogen and oxygen atoms in total. The molecule has 2 aromatic rings. The molecule has 0 fully saturated rings. The zero-order chi connectivity index (χ0) is 14.5. The lowest BCUT2D eigenvalue weighted by molar-refractivity contribution is -0.117. The Morgan fingerprint density at radius 3 is 2.55 bits per heavy atom. The van der Waals surface area contributed by atoms with E-state index in [0.29, 0.717) is 12.1 Å². The number of phenols is 1. The van der Waals surface area contributed by atoms with Crippen LogP contribution in [0.25, 0.3) is 0 Å². The van der Waals surface area contributed by atoms with Crippen molar-refractivity contribution in [2.24, 2.45) is 0 Å². The summed E-state index contributed by atoms with van der Waals surface area (Å²) < 4.78 is 0. The summed E-state index contributed by atoms with van der Waals surface area (Å²) >= 11 is 5.74. The molecule has 0 aliphatic heterocycles. The number of anilines is 1. The fourth-order valence-corrected chi connectivity index (χ4v) is 2.20. The van der Waals surface area contributed by atoms with Crippen molar-refractivity contribution >= 4 is 23.2 Å². The number of hydrogen-bond donors (Lipinski definition) is 2. The Balaban J connectivity index is 2.15. The lowest BCUT2D eigenvalue weighted by Gasteiger charge is -2.15. The molecule has 104 valence electrons. The normalized spacial score (nSPS) is 11.9. The molecule has 0 spiro atoms. The van der Waals surface area contributed by atoms with Gasteiger partial charge in [0.2, 0.25) is 5.91 Å². The molecule has 0 aliphatic carbocycles. The largest absolute Gasteiger partial charge is 0.506 e. The van der Waals surface area contributed by atoms with Crippen molar-refractivity contribution in [3.63, 3.8) is 0 Å². The lowest BCUT2D eigenvalue weighted by atomic mass is 9.95. The Morgan fingerprint density at radius 2 is 1.95 bits per heavy atom. The summed E-state index contributed by atoms with van der Waals surface area (Å²) in [4.78, 5) is 12.3. The van der Waals surface area contributed by atoms with Crippen molar-refractivity contribution in [2.45, 2.75) is 19.3 Å². The van der Waals surface area contributed by atoms with Gasteiger partial charge in [-0.25, -0.2) is 0 Å². The van der Waals surface area contributed by atoms with Crippen LogP contribution in [-0.2, 0) is 4.79 Å². The molecule has 20 heavy (non-hydrogen) atoms. The molecule has 0 aliphatic rings. The van der Waals surface area contributed by atoms with Crippen LogP contribution in [0.5, 0.6) is 5.75 Å². The summed E-state index contributed by atoms with van der Waals surface area (Å²) in [5.74, 6) is -0.355. The van der Waals surface area contributed by atoms with E-state index in [1.807, 2.05) is 37.3 Å². The number of rotatable bonds is 4. The predicted octanol–water partition coefficient (Wildman–Crippen LogP) is 4.18. The molecule has 0 saturated carbocycles. The summed E-state index contributed by atoms with van der Waals surface area (Å²) in [6, 6.07) is 14.3. The number of hydrogen-bond acceptors (Lipinski definition) is 2. The number of nitrogens with one attached hydrogen (secondary N) is 1. The van der Waals surface area contributed by atoms with Crippen molar-refractivity contribution in [3.8, 4) is 5.75 Å². The number of benzene rings is 2. The third-order valence-electron chi connectivity index (χ3n) is 3.14. The van der Waals surface area contributed by atoms with Crippen molar-refractivity contribution < 1.29 is 9.90 Å². The van der Waals surface area contributed by atoms with Crippen molar-refractivity contribution in [1.29, 1.82) is 0 Å². The molecule has 2 aromatic carbocycles. The van der Waals surface area contributed by atoms with Gasteiger partial charge in [0.05, 0.1) is 10.9 Å². The van der Waals surface area contributed by atoms with E-state index < -0.39 is 0 Å². The third kappa shape index (κ3) is 3.31. The number of amides is 1. The molecule has 1 amide bonds. The van der Waals surface area contributed by atoms with Gasteiger partial charge in [-0.3, -0.25) is 4.79 Å². The molecule has 1 atom stereocenters. The minimum Gasteiger partial charge on any atom is -0.506 e. The summed E-state index contributed by atoms with van der Waals surface area (Å²) in [7, 11) is 0. The van der Waals surface area contributed by atoms with Crippen LogP contribution in [0, 0.1) is 0 Å². The second-order valence-corrected chi connectivity index (χ2v) is 4.93. The molecular formula is C16H16ClNO2. The minimum absolute atomic E-state index is 0.0442. The molecule has 4 heteroatoms. The average Bonchev–Trinajstić information content (AvgIpc) is 2.45. The summed E-state index contributed by atoms with van der Waals surface area (Å²) in [5, 5.41) is 12.6. The average molecular weight is 290 g/mol. The maximum absolute atomic E-state index is 12.3. The van der Waals surface area contributed by atoms with Crippen LogP contribution in [0.1, 0.15) is 24.8 Å². The van der Waals surface area contributed by atoms with Gasteiger partial charge in [-0.05, 0) is 24.1 Å². The molecule has 2 rings (SSSR count). The van der Waals surface area contributed by atoms with Gasteiger partial charge in [-0.15, -0.1) is 0 Å². The van der Waals surface area contributed by atoms with E-state index >= 15 is 0 Å². The van der Waals surface area contributed by atoms with Gasteiger partial charge in [0.15, 0.2) is 0 Å². The molecule has 1 unspecified atom stereocenters. The van der Waals surface area contributed by atoms with Gasteiger partial charge < -0.3 is 10.4 Å². The van der Waals surface area contributed by atoms with Gasteiger partial charge in [0, 0.05) is 11.8 Å². The van der Waals surface area contributed by atoms with E-state index in [2.05, 4.69) is 5.32 Å². The maximum Gasteiger partial charge on any atom is 0.231 e. The topological polar surface area (TPSA) is 49.3 Å². The predicted molar refractivity (Wildman–Crippen MR) is 81.2 cm³/mol. The second-order valence-electron chi connectivity index (χ2n) is 4.53. The fourth-order valence-electron chi connectivity index (χ4n) is 2.08. The molecule has 0 bridgehead atoms. The summed E-state index contributed by atoms with van der Waals surface area (Å²) in [6.07, 6.45) is 0.704. The highest BCUT2D eigenvalue weighted by atomic mass is 35.5. The zero-order valence-corrected chi connectivity index (χ0v) is 11.9. The Hall–Kier alpha value is -2.00. The Kier molecular flexibility index (Phi) is 4.64. The first-order chi connectivity index (χ1) is 9.61.